The van der Waals surface area contributed by atoms with Crippen LogP contribution < -0.4 is 5.41 Å². The number of halogens is 4. The lowest BCUT2D eigenvalue weighted by atomic mass is 9.99. The molecule has 4 rings (SSSR count). The Morgan fingerprint density at radius 3 is 2.61 bits per heavy atom. The van der Waals surface area contributed by atoms with E-state index in [1.165, 1.54) is 12.1 Å². The average Bonchev–Trinajstić information content (AvgIpc) is 3.49. The second-order valence-electron chi connectivity index (χ2n) is 7.69. The first-order valence-corrected chi connectivity index (χ1v) is 10.3. The number of aromatic amines is 2. The molecule has 4 N–H and O–H groups in total. The minimum absolute atomic E-state index is 0.0630. The molecule has 1 atom stereocenters. The van der Waals surface area contributed by atoms with Gasteiger partial charge in [-0.05, 0) is 49.6 Å². The molecule has 0 spiro atoms. The SMILES string of the molecule is [NH2+]=C(/C=C(\c1ncc(C(=O)N2CCCCC2c2ccn[nH]2)[nH]1)C(F)(F)F)c1ccc(F)cc1. The fraction of sp³-hybridized carbons (Fsp3) is 0.273. The number of carbonyl (C=O) groups excluding carboxylic acids is 1. The Balaban J connectivity index is 1.62. The van der Waals surface area contributed by atoms with E-state index < -0.39 is 29.3 Å². The van der Waals surface area contributed by atoms with E-state index in [2.05, 4.69) is 20.2 Å². The lowest BCUT2D eigenvalue weighted by molar-refractivity contribution is -0.111. The molecule has 1 fully saturated rings. The van der Waals surface area contributed by atoms with Crippen molar-refractivity contribution in [2.24, 2.45) is 0 Å². The predicted octanol–water partition coefficient (Wildman–Crippen LogP) is 2.83. The first-order chi connectivity index (χ1) is 15.7. The van der Waals surface area contributed by atoms with E-state index in [0.29, 0.717) is 19.0 Å². The van der Waals surface area contributed by atoms with Crippen molar-refractivity contribution in [3.8, 4) is 0 Å². The van der Waals surface area contributed by atoms with Crippen LogP contribution in [0.25, 0.3) is 5.57 Å². The van der Waals surface area contributed by atoms with Gasteiger partial charge in [0.15, 0.2) is 0 Å². The number of allylic oxidation sites excluding steroid dienone is 2. The molecule has 172 valence electrons. The molecule has 1 saturated heterocycles. The number of H-pyrrole nitrogens is 2. The van der Waals surface area contributed by atoms with Gasteiger partial charge in [0.1, 0.15) is 22.9 Å². The van der Waals surface area contributed by atoms with E-state index >= 15 is 0 Å². The second kappa shape index (κ2) is 9.00. The summed E-state index contributed by atoms with van der Waals surface area (Å²) in [5.74, 6) is -1.53. The first-order valence-electron chi connectivity index (χ1n) is 10.3. The number of benzene rings is 1. The first kappa shape index (κ1) is 22.4. The number of likely N-dealkylation sites (tertiary alicyclic amines) is 1. The fourth-order valence-corrected chi connectivity index (χ4v) is 3.84. The zero-order valence-electron chi connectivity index (χ0n) is 17.4. The third-order valence-corrected chi connectivity index (χ3v) is 5.49. The topological polar surface area (TPSA) is 103 Å². The molecule has 11 heteroatoms. The smallest absolute Gasteiger partial charge is 0.334 e. The Morgan fingerprint density at radius 1 is 1.18 bits per heavy atom. The molecule has 3 aromatic rings. The number of nitrogens with zero attached hydrogens (tertiary/aromatic N) is 3. The van der Waals surface area contributed by atoms with Crippen molar-refractivity contribution < 1.29 is 27.8 Å². The van der Waals surface area contributed by atoms with E-state index in [-0.39, 0.29) is 23.0 Å². The highest BCUT2D eigenvalue weighted by Crippen LogP contribution is 2.34. The Morgan fingerprint density at radius 2 is 1.94 bits per heavy atom. The number of piperidine rings is 1. The zero-order valence-corrected chi connectivity index (χ0v) is 17.4. The maximum Gasteiger partial charge on any atom is 0.420 e. The van der Waals surface area contributed by atoms with Crippen LogP contribution in [0, 0.1) is 5.82 Å². The number of hydrogen-bond donors (Lipinski definition) is 3. The van der Waals surface area contributed by atoms with Crippen LogP contribution in [0.2, 0.25) is 0 Å². The number of nitrogens with two attached hydrogens (primary N) is 1. The van der Waals surface area contributed by atoms with Gasteiger partial charge in [0.25, 0.3) is 5.91 Å². The van der Waals surface area contributed by atoms with Gasteiger partial charge >= 0.3 is 6.18 Å². The molecule has 2 aromatic heterocycles. The Labute approximate surface area is 186 Å². The predicted molar refractivity (Wildman–Crippen MR) is 111 cm³/mol. The number of alkyl halides is 3. The van der Waals surface area contributed by atoms with E-state index in [1.54, 1.807) is 17.2 Å². The number of amides is 1. The summed E-state index contributed by atoms with van der Waals surface area (Å²) < 4.78 is 54.5. The summed E-state index contributed by atoms with van der Waals surface area (Å²) in [4.78, 5) is 21.0. The van der Waals surface area contributed by atoms with Crippen molar-refractivity contribution >= 4 is 17.2 Å². The van der Waals surface area contributed by atoms with E-state index in [4.69, 9.17) is 5.41 Å². The van der Waals surface area contributed by atoms with Crippen LogP contribution in [-0.2, 0) is 0 Å². The molecule has 0 aliphatic carbocycles. The summed E-state index contributed by atoms with van der Waals surface area (Å²) in [6.45, 7) is 0.462. The number of hydrogen-bond acceptors (Lipinski definition) is 3. The van der Waals surface area contributed by atoms with Crippen LogP contribution in [0.15, 0.2) is 48.8 Å². The number of nitrogens with one attached hydrogen (secondary N) is 2. The van der Waals surface area contributed by atoms with Crippen LogP contribution in [0.4, 0.5) is 17.6 Å². The number of imidazole rings is 1. The molecule has 0 saturated carbocycles. The summed E-state index contributed by atoms with van der Waals surface area (Å²) in [6, 6.07) is 6.27. The number of carbonyl (C=O) groups is 1. The lowest BCUT2D eigenvalue weighted by Crippen LogP contribution is -2.39. The van der Waals surface area contributed by atoms with E-state index in [9.17, 15) is 22.4 Å². The number of rotatable bonds is 5. The molecule has 1 aromatic carbocycles. The molecular formula is C22H21F4N6O+. The quantitative estimate of drug-likeness (QED) is 0.402. The summed E-state index contributed by atoms with van der Waals surface area (Å²) in [6.07, 6.45) is 1.01. The normalized spacial score (nSPS) is 17.3. The molecule has 1 unspecified atom stereocenters. The number of aromatic nitrogens is 4. The van der Waals surface area contributed by atoms with Crippen molar-refractivity contribution in [2.75, 3.05) is 6.54 Å². The maximum absolute atomic E-state index is 13.8. The molecule has 1 amide bonds. The van der Waals surface area contributed by atoms with Gasteiger partial charge in [-0.2, -0.15) is 18.3 Å². The minimum Gasteiger partial charge on any atom is -0.334 e. The van der Waals surface area contributed by atoms with Gasteiger partial charge in [-0.15, -0.1) is 0 Å². The summed E-state index contributed by atoms with van der Waals surface area (Å²) in [5.41, 5.74) is -0.446. The van der Waals surface area contributed by atoms with Gasteiger partial charge in [-0.25, -0.2) is 9.37 Å². The van der Waals surface area contributed by atoms with Crippen LogP contribution in [-0.4, -0.2) is 49.4 Å². The van der Waals surface area contributed by atoms with Crippen molar-refractivity contribution in [2.45, 2.75) is 31.5 Å². The summed E-state index contributed by atoms with van der Waals surface area (Å²) >= 11 is 0. The van der Waals surface area contributed by atoms with E-state index in [1.807, 2.05) is 0 Å². The molecule has 0 radical (unpaired) electrons. The standard InChI is InChI=1S/C22H20F4N6O/c23-14-6-4-13(5-7-14)16(27)11-15(22(24,25)26)20-28-12-18(30-20)21(33)32-10-2-1-3-19(32)17-8-9-29-31-17/h4-9,11-12,19,27H,1-3,10H2,(H,28,30)(H,29,31)/p+1/b15-11+,27-16?. The van der Waals surface area contributed by atoms with Gasteiger partial charge < -0.3 is 9.88 Å². The molecule has 1 aliphatic rings. The maximum atomic E-state index is 13.8. The van der Waals surface area contributed by atoms with Crippen LogP contribution in [0.3, 0.4) is 0 Å². The van der Waals surface area contributed by atoms with Crippen molar-refractivity contribution in [1.29, 1.82) is 0 Å². The van der Waals surface area contributed by atoms with Crippen molar-refractivity contribution in [3.63, 3.8) is 0 Å². The molecule has 3 heterocycles. The summed E-state index contributed by atoms with van der Waals surface area (Å²) in [7, 11) is 0. The summed E-state index contributed by atoms with van der Waals surface area (Å²) in [5, 5.41) is 12.6. The molecular weight excluding hydrogens is 440 g/mol. The highest BCUT2D eigenvalue weighted by Gasteiger charge is 2.38. The van der Waals surface area contributed by atoms with Gasteiger partial charge in [0.05, 0.1) is 17.9 Å². The van der Waals surface area contributed by atoms with Crippen LogP contribution >= 0.6 is 0 Å². The minimum atomic E-state index is -4.80. The van der Waals surface area contributed by atoms with Gasteiger partial charge in [0.2, 0.25) is 5.71 Å². The van der Waals surface area contributed by atoms with Gasteiger partial charge in [-0.1, -0.05) is 0 Å². The Kier molecular flexibility index (Phi) is 6.12. The lowest BCUT2D eigenvalue weighted by Gasteiger charge is -2.34. The third kappa shape index (κ3) is 4.86. The van der Waals surface area contributed by atoms with Crippen LogP contribution in [0.1, 0.15) is 52.9 Å². The largest absolute Gasteiger partial charge is 0.420 e. The van der Waals surface area contributed by atoms with Crippen molar-refractivity contribution in [1.82, 2.24) is 25.1 Å². The third-order valence-electron chi connectivity index (χ3n) is 5.49. The van der Waals surface area contributed by atoms with E-state index in [0.717, 1.165) is 36.9 Å². The Bertz CT molecular complexity index is 1160. The van der Waals surface area contributed by atoms with Gasteiger partial charge in [0, 0.05) is 24.4 Å². The highest BCUT2D eigenvalue weighted by atomic mass is 19.4. The highest BCUT2D eigenvalue weighted by molar-refractivity contribution is 6.08. The van der Waals surface area contributed by atoms with Gasteiger partial charge in [-0.3, -0.25) is 15.3 Å². The monoisotopic (exact) mass is 461 g/mol. The Hall–Kier alpha value is -3.76. The molecule has 7 nitrogen and oxygen atoms in total. The zero-order chi connectivity index (χ0) is 23.6. The fourth-order valence-electron chi connectivity index (χ4n) is 3.84. The van der Waals surface area contributed by atoms with Crippen LogP contribution in [0.5, 0.6) is 0 Å². The van der Waals surface area contributed by atoms with Crippen molar-refractivity contribution in [3.05, 3.63) is 77.4 Å². The molecule has 1 aliphatic heterocycles. The molecule has 0 bridgehead atoms. The second-order valence-corrected chi connectivity index (χ2v) is 7.69. The average molecular weight is 461 g/mol. The molecule has 33 heavy (non-hydrogen) atoms.